The molecule has 0 bridgehead atoms. The fourth-order valence-corrected chi connectivity index (χ4v) is 1.74. The van der Waals surface area contributed by atoms with E-state index >= 15 is 0 Å². The lowest BCUT2D eigenvalue weighted by atomic mass is 10.2. The van der Waals surface area contributed by atoms with Gasteiger partial charge in [-0.25, -0.2) is 9.78 Å². The Labute approximate surface area is 116 Å². The molecule has 1 aromatic carbocycles. The van der Waals surface area contributed by atoms with Crippen LogP contribution in [-0.2, 0) is 4.74 Å². The second kappa shape index (κ2) is 5.64. The molecule has 106 valence electrons. The van der Waals surface area contributed by atoms with Crippen molar-refractivity contribution in [3.05, 3.63) is 29.7 Å². The minimum absolute atomic E-state index is 0.157. The maximum absolute atomic E-state index is 11.5. The van der Waals surface area contributed by atoms with Crippen LogP contribution in [0, 0.1) is 6.92 Å². The van der Waals surface area contributed by atoms with E-state index in [-0.39, 0.29) is 5.69 Å². The number of oxazole rings is 1. The molecule has 0 spiro atoms. The predicted molar refractivity (Wildman–Crippen MR) is 71.1 cm³/mol. The van der Waals surface area contributed by atoms with Crippen LogP contribution in [0.3, 0.4) is 0 Å². The first-order valence-corrected chi connectivity index (χ1v) is 5.88. The number of carbonyl (C=O) groups is 1. The normalized spacial score (nSPS) is 10.2. The number of aromatic nitrogens is 1. The monoisotopic (exact) mass is 277 g/mol. The zero-order valence-corrected chi connectivity index (χ0v) is 11.7. The molecule has 0 N–H and O–H groups in total. The lowest BCUT2D eigenvalue weighted by Gasteiger charge is -2.05. The number of benzene rings is 1. The third-order valence-electron chi connectivity index (χ3n) is 2.77. The number of methoxy groups -OCH3 is 3. The van der Waals surface area contributed by atoms with Crippen LogP contribution < -0.4 is 9.47 Å². The van der Waals surface area contributed by atoms with Gasteiger partial charge in [-0.05, 0) is 19.1 Å². The van der Waals surface area contributed by atoms with Crippen LogP contribution in [0.1, 0.15) is 16.2 Å². The zero-order chi connectivity index (χ0) is 14.7. The van der Waals surface area contributed by atoms with E-state index in [2.05, 4.69) is 9.72 Å². The smallest absolute Gasteiger partial charge is 0.360 e. The molecule has 0 unspecified atom stereocenters. The SMILES string of the molecule is COC(=O)c1nc(-c2cc(OC)cc(OC)c2)oc1C. The molecule has 0 amide bonds. The highest BCUT2D eigenvalue weighted by atomic mass is 16.5. The van der Waals surface area contributed by atoms with E-state index in [9.17, 15) is 4.79 Å². The quantitative estimate of drug-likeness (QED) is 0.799. The van der Waals surface area contributed by atoms with Crippen LogP contribution in [-0.4, -0.2) is 32.3 Å². The summed E-state index contributed by atoms with van der Waals surface area (Å²) in [6.07, 6.45) is 0. The van der Waals surface area contributed by atoms with Gasteiger partial charge in [-0.3, -0.25) is 0 Å². The van der Waals surface area contributed by atoms with Crippen LogP contribution in [0.25, 0.3) is 11.5 Å². The molecule has 0 saturated heterocycles. The molecule has 2 aromatic rings. The van der Waals surface area contributed by atoms with Crippen molar-refractivity contribution in [1.29, 1.82) is 0 Å². The molecular weight excluding hydrogens is 262 g/mol. The summed E-state index contributed by atoms with van der Waals surface area (Å²) in [7, 11) is 4.41. The molecule has 6 heteroatoms. The Morgan fingerprint density at radius 3 is 2.20 bits per heavy atom. The van der Waals surface area contributed by atoms with Gasteiger partial charge in [0.2, 0.25) is 5.89 Å². The first kappa shape index (κ1) is 13.9. The molecule has 1 heterocycles. The van der Waals surface area contributed by atoms with E-state index in [0.29, 0.717) is 28.7 Å². The van der Waals surface area contributed by atoms with Crippen molar-refractivity contribution < 1.29 is 23.4 Å². The number of carbonyl (C=O) groups excluding carboxylic acids is 1. The summed E-state index contributed by atoms with van der Waals surface area (Å²) in [5, 5.41) is 0. The number of hydrogen-bond acceptors (Lipinski definition) is 6. The van der Waals surface area contributed by atoms with Gasteiger partial charge in [0.25, 0.3) is 0 Å². The van der Waals surface area contributed by atoms with Crippen molar-refractivity contribution in [1.82, 2.24) is 4.98 Å². The number of ether oxygens (including phenoxy) is 3. The molecule has 20 heavy (non-hydrogen) atoms. The van der Waals surface area contributed by atoms with Crippen LogP contribution in [0.5, 0.6) is 11.5 Å². The molecule has 0 aliphatic carbocycles. The van der Waals surface area contributed by atoms with Crippen molar-refractivity contribution in [2.24, 2.45) is 0 Å². The highest BCUT2D eigenvalue weighted by Crippen LogP contribution is 2.30. The Morgan fingerprint density at radius 1 is 1.10 bits per heavy atom. The van der Waals surface area contributed by atoms with Crippen molar-refractivity contribution in [2.75, 3.05) is 21.3 Å². The standard InChI is InChI=1S/C14H15NO5/c1-8-12(14(16)19-4)15-13(20-8)9-5-10(17-2)7-11(6-9)18-3/h5-7H,1-4H3. The van der Waals surface area contributed by atoms with Crippen LogP contribution in [0.15, 0.2) is 22.6 Å². The van der Waals surface area contributed by atoms with E-state index < -0.39 is 5.97 Å². The fourth-order valence-electron chi connectivity index (χ4n) is 1.74. The van der Waals surface area contributed by atoms with E-state index in [0.717, 1.165) is 0 Å². The summed E-state index contributed by atoms with van der Waals surface area (Å²) in [5.41, 5.74) is 0.809. The Morgan fingerprint density at radius 2 is 1.70 bits per heavy atom. The van der Waals surface area contributed by atoms with Gasteiger partial charge in [0, 0.05) is 11.6 Å². The first-order chi connectivity index (χ1) is 9.58. The molecule has 6 nitrogen and oxygen atoms in total. The lowest BCUT2D eigenvalue weighted by Crippen LogP contribution is -2.03. The summed E-state index contributed by atoms with van der Waals surface area (Å²) >= 11 is 0. The van der Waals surface area contributed by atoms with E-state index in [1.165, 1.54) is 7.11 Å². The molecule has 0 atom stereocenters. The minimum Gasteiger partial charge on any atom is -0.497 e. The summed E-state index contributed by atoms with van der Waals surface area (Å²) < 4.78 is 20.5. The Balaban J connectivity index is 2.48. The van der Waals surface area contributed by atoms with E-state index in [4.69, 9.17) is 13.9 Å². The molecule has 0 fully saturated rings. The van der Waals surface area contributed by atoms with Crippen molar-refractivity contribution in [2.45, 2.75) is 6.92 Å². The average Bonchev–Trinajstić information content (AvgIpc) is 2.87. The summed E-state index contributed by atoms with van der Waals surface area (Å²) in [5.74, 6) is 1.38. The highest BCUT2D eigenvalue weighted by Gasteiger charge is 2.19. The van der Waals surface area contributed by atoms with Gasteiger partial charge >= 0.3 is 5.97 Å². The molecular formula is C14H15NO5. The lowest BCUT2D eigenvalue weighted by molar-refractivity contribution is 0.0593. The first-order valence-electron chi connectivity index (χ1n) is 5.88. The van der Waals surface area contributed by atoms with Crippen molar-refractivity contribution in [3.8, 4) is 23.0 Å². The van der Waals surface area contributed by atoms with E-state index in [1.807, 2.05) is 0 Å². The fraction of sp³-hybridized carbons (Fsp3) is 0.286. The number of esters is 1. The summed E-state index contributed by atoms with van der Waals surface area (Å²) in [4.78, 5) is 15.7. The molecule has 0 aliphatic heterocycles. The van der Waals surface area contributed by atoms with Gasteiger partial charge in [-0.2, -0.15) is 0 Å². The zero-order valence-electron chi connectivity index (χ0n) is 11.7. The number of rotatable bonds is 4. The molecule has 0 saturated carbocycles. The molecule has 1 aromatic heterocycles. The topological polar surface area (TPSA) is 70.8 Å². The van der Waals surface area contributed by atoms with Crippen LogP contribution in [0.4, 0.5) is 0 Å². The third kappa shape index (κ3) is 2.59. The Hall–Kier alpha value is -2.50. The number of nitrogens with zero attached hydrogens (tertiary/aromatic N) is 1. The third-order valence-corrected chi connectivity index (χ3v) is 2.77. The average molecular weight is 277 g/mol. The second-order valence-electron chi connectivity index (χ2n) is 4.02. The molecule has 2 rings (SSSR count). The van der Waals surface area contributed by atoms with Gasteiger partial charge in [0.15, 0.2) is 5.69 Å². The maximum atomic E-state index is 11.5. The van der Waals surface area contributed by atoms with Crippen molar-refractivity contribution >= 4 is 5.97 Å². The second-order valence-corrected chi connectivity index (χ2v) is 4.02. The summed E-state index contributed by atoms with van der Waals surface area (Å²) in [6, 6.07) is 5.23. The summed E-state index contributed by atoms with van der Waals surface area (Å²) in [6.45, 7) is 1.65. The van der Waals surface area contributed by atoms with Gasteiger partial charge in [0.05, 0.1) is 21.3 Å². The van der Waals surface area contributed by atoms with Crippen molar-refractivity contribution in [3.63, 3.8) is 0 Å². The predicted octanol–water partition coefficient (Wildman–Crippen LogP) is 2.45. The van der Waals surface area contributed by atoms with Crippen LogP contribution in [0.2, 0.25) is 0 Å². The van der Waals surface area contributed by atoms with Gasteiger partial charge in [-0.15, -0.1) is 0 Å². The largest absolute Gasteiger partial charge is 0.497 e. The van der Waals surface area contributed by atoms with Gasteiger partial charge in [-0.1, -0.05) is 0 Å². The molecule has 0 radical (unpaired) electrons. The maximum Gasteiger partial charge on any atom is 0.360 e. The Kier molecular flexibility index (Phi) is 3.93. The molecule has 0 aliphatic rings. The number of aryl methyl sites for hydroxylation is 1. The van der Waals surface area contributed by atoms with E-state index in [1.54, 1.807) is 39.3 Å². The minimum atomic E-state index is -0.535. The number of hydrogen-bond donors (Lipinski definition) is 0. The Bertz CT molecular complexity index is 610. The van der Waals surface area contributed by atoms with Crippen LogP contribution >= 0.6 is 0 Å². The van der Waals surface area contributed by atoms with Gasteiger partial charge < -0.3 is 18.6 Å². The highest BCUT2D eigenvalue weighted by molar-refractivity contribution is 5.88. The van der Waals surface area contributed by atoms with Gasteiger partial charge in [0.1, 0.15) is 17.3 Å².